The van der Waals surface area contributed by atoms with Crippen molar-refractivity contribution in [3.8, 4) is 22.3 Å². The van der Waals surface area contributed by atoms with Crippen LogP contribution in [0.1, 0.15) is 0 Å². The number of fused-ring (bicyclic) bond motifs is 3. The SMILES string of the molecule is c1ccc(-c2ccccc2-c2cccc3c2ccc2cccnc23)cc1. The van der Waals surface area contributed by atoms with E-state index in [2.05, 4.69) is 96.0 Å². The Kier molecular flexibility index (Phi) is 3.50. The molecule has 1 aromatic heterocycles. The van der Waals surface area contributed by atoms with Crippen LogP contribution in [0.2, 0.25) is 0 Å². The molecule has 0 saturated heterocycles. The maximum absolute atomic E-state index is 4.62. The summed E-state index contributed by atoms with van der Waals surface area (Å²) in [6, 6.07) is 34.2. The molecule has 1 heteroatoms. The number of rotatable bonds is 2. The lowest BCUT2D eigenvalue weighted by Crippen LogP contribution is -1.88. The fraction of sp³-hybridized carbons (Fsp3) is 0. The third-order valence-corrected chi connectivity index (χ3v) is 4.93. The second-order valence-electron chi connectivity index (χ2n) is 6.45. The van der Waals surface area contributed by atoms with Gasteiger partial charge in [0.25, 0.3) is 0 Å². The summed E-state index contributed by atoms with van der Waals surface area (Å²) in [6.07, 6.45) is 1.87. The van der Waals surface area contributed by atoms with E-state index in [1.54, 1.807) is 0 Å². The van der Waals surface area contributed by atoms with Crippen LogP contribution < -0.4 is 0 Å². The molecule has 0 bridgehead atoms. The van der Waals surface area contributed by atoms with E-state index in [0.717, 1.165) is 5.52 Å². The van der Waals surface area contributed by atoms with E-state index in [9.17, 15) is 0 Å². The maximum Gasteiger partial charge on any atom is 0.0780 e. The standard InChI is InChI=1S/C25H17N/c1-2-8-18(9-3-1)20-11-4-5-12-21(20)22-13-6-14-24-23(22)16-15-19-10-7-17-26-25(19)24/h1-17H. The Balaban J connectivity index is 1.83. The first-order valence-electron chi connectivity index (χ1n) is 8.83. The van der Waals surface area contributed by atoms with Crippen LogP contribution in [0.15, 0.2) is 103 Å². The molecule has 0 aliphatic rings. The minimum atomic E-state index is 1.06. The predicted octanol–water partition coefficient (Wildman–Crippen LogP) is 6.72. The van der Waals surface area contributed by atoms with Crippen molar-refractivity contribution in [1.29, 1.82) is 0 Å². The van der Waals surface area contributed by atoms with Gasteiger partial charge in [0.15, 0.2) is 0 Å². The van der Waals surface area contributed by atoms with Gasteiger partial charge in [0.1, 0.15) is 0 Å². The van der Waals surface area contributed by atoms with E-state index in [-0.39, 0.29) is 0 Å². The van der Waals surface area contributed by atoms with Crippen LogP contribution in [0.4, 0.5) is 0 Å². The predicted molar refractivity (Wildman–Crippen MR) is 110 cm³/mol. The molecule has 0 unspecified atom stereocenters. The third-order valence-electron chi connectivity index (χ3n) is 4.93. The van der Waals surface area contributed by atoms with Crippen LogP contribution in [0, 0.1) is 0 Å². The molecule has 0 saturated carbocycles. The zero-order valence-electron chi connectivity index (χ0n) is 14.3. The van der Waals surface area contributed by atoms with Crippen molar-refractivity contribution in [2.45, 2.75) is 0 Å². The van der Waals surface area contributed by atoms with E-state index in [1.165, 1.54) is 38.4 Å². The van der Waals surface area contributed by atoms with Gasteiger partial charge in [0, 0.05) is 17.0 Å². The highest BCUT2D eigenvalue weighted by atomic mass is 14.6. The van der Waals surface area contributed by atoms with Crippen LogP contribution in [-0.4, -0.2) is 4.98 Å². The number of hydrogen-bond acceptors (Lipinski definition) is 1. The first-order chi connectivity index (χ1) is 12.9. The number of hydrogen-bond donors (Lipinski definition) is 0. The van der Waals surface area contributed by atoms with Crippen molar-refractivity contribution < 1.29 is 0 Å². The van der Waals surface area contributed by atoms with Gasteiger partial charge < -0.3 is 0 Å². The van der Waals surface area contributed by atoms with Gasteiger partial charge >= 0.3 is 0 Å². The Morgan fingerprint density at radius 3 is 2.12 bits per heavy atom. The van der Waals surface area contributed by atoms with Gasteiger partial charge in [0.2, 0.25) is 0 Å². The molecule has 1 heterocycles. The van der Waals surface area contributed by atoms with Crippen LogP contribution >= 0.6 is 0 Å². The monoisotopic (exact) mass is 331 g/mol. The number of pyridine rings is 1. The minimum absolute atomic E-state index is 1.06. The molecule has 0 aliphatic heterocycles. The molecule has 0 fully saturated rings. The topological polar surface area (TPSA) is 12.9 Å². The van der Waals surface area contributed by atoms with Crippen molar-refractivity contribution in [1.82, 2.24) is 4.98 Å². The van der Waals surface area contributed by atoms with Crippen molar-refractivity contribution in [3.63, 3.8) is 0 Å². The third kappa shape index (κ3) is 2.37. The number of benzene rings is 4. The van der Waals surface area contributed by atoms with Gasteiger partial charge in [0.05, 0.1) is 5.52 Å². The van der Waals surface area contributed by atoms with Gasteiger partial charge in [-0.3, -0.25) is 4.98 Å². The van der Waals surface area contributed by atoms with Crippen LogP contribution in [0.3, 0.4) is 0 Å². The molecule has 26 heavy (non-hydrogen) atoms. The largest absolute Gasteiger partial charge is 0.256 e. The Bertz CT molecular complexity index is 1220. The molecule has 122 valence electrons. The second-order valence-corrected chi connectivity index (χ2v) is 6.45. The lowest BCUT2D eigenvalue weighted by molar-refractivity contribution is 1.43. The quantitative estimate of drug-likeness (QED) is 0.327. The summed E-state index contributed by atoms with van der Waals surface area (Å²) in [5.41, 5.74) is 6.04. The zero-order valence-corrected chi connectivity index (χ0v) is 14.3. The van der Waals surface area contributed by atoms with Gasteiger partial charge in [-0.15, -0.1) is 0 Å². The molecule has 5 aromatic rings. The Labute approximate surface area is 152 Å². The fourth-order valence-corrected chi connectivity index (χ4v) is 3.72. The summed E-state index contributed by atoms with van der Waals surface area (Å²) in [4.78, 5) is 4.62. The molecule has 0 spiro atoms. The second kappa shape index (κ2) is 6.12. The highest BCUT2D eigenvalue weighted by molar-refractivity contribution is 6.11. The first kappa shape index (κ1) is 14.9. The Morgan fingerprint density at radius 2 is 1.23 bits per heavy atom. The smallest absolute Gasteiger partial charge is 0.0780 e. The van der Waals surface area contributed by atoms with E-state index < -0.39 is 0 Å². The molecule has 5 rings (SSSR count). The normalized spacial score (nSPS) is 11.1. The molecule has 0 N–H and O–H groups in total. The van der Waals surface area contributed by atoms with Gasteiger partial charge in [-0.1, -0.05) is 91.0 Å². The maximum atomic E-state index is 4.62. The summed E-state index contributed by atoms with van der Waals surface area (Å²) >= 11 is 0. The fourth-order valence-electron chi connectivity index (χ4n) is 3.72. The molecule has 4 aromatic carbocycles. The van der Waals surface area contributed by atoms with Crippen LogP contribution in [0.25, 0.3) is 43.9 Å². The van der Waals surface area contributed by atoms with Crippen molar-refractivity contribution in [2.75, 3.05) is 0 Å². The summed E-state index contributed by atoms with van der Waals surface area (Å²) in [7, 11) is 0. The average Bonchev–Trinajstić information content (AvgIpc) is 2.74. The minimum Gasteiger partial charge on any atom is -0.256 e. The summed E-state index contributed by atoms with van der Waals surface area (Å²) in [5.74, 6) is 0. The molecule has 0 aliphatic carbocycles. The lowest BCUT2D eigenvalue weighted by atomic mass is 9.91. The molecular formula is C25H17N. The molecule has 1 nitrogen and oxygen atoms in total. The van der Waals surface area contributed by atoms with Gasteiger partial charge in [-0.05, 0) is 33.7 Å². The Hall–Kier alpha value is -3.45. The molecule has 0 radical (unpaired) electrons. The van der Waals surface area contributed by atoms with Gasteiger partial charge in [-0.25, -0.2) is 0 Å². The van der Waals surface area contributed by atoms with Crippen molar-refractivity contribution >= 4 is 21.7 Å². The summed E-state index contributed by atoms with van der Waals surface area (Å²) in [6.45, 7) is 0. The summed E-state index contributed by atoms with van der Waals surface area (Å²) in [5, 5.41) is 3.61. The highest BCUT2D eigenvalue weighted by Crippen LogP contribution is 2.37. The number of aromatic nitrogens is 1. The van der Waals surface area contributed by atoms with E-state index in [1.807, 2.05) is 12.3 Å². The molecular weight excluding hydrogens is 314 g/mol. The van der Waals surface area contributed by atoms with E-state index in [0.29, 0.717) is 0 Å². The molecule has 0 amide bonds. The molecule has 0 atom stereocenters. The van der Waals surface area contributed by atoms with Crippen molar-refractivity contribution in [2.24, 2.45) is 0 Å². The Morgan fingerprint density at radius 1 is 0.462 bits per heavy atom. The highest BCUT2D eigenvalue weighted by Gasteiger charge is 2.11. The van der Waals surface area contributed by atoms with Gasteiger partial charge in [-0.2, -0.15) is 0 Å². The van der Waals surface area contributed by atoms with Crippen molar-refractivity contribution in [3.05, 3.63) is 103 Å². The van der Waals surface area contributed by atoms with E-state index in [4.69, 9.17) is 0 Å². The number of nitrogens with zero attached hydrogens (tertiary/aromatic N) is 1. The summed E-state index contributed by atoms with van der Waals surface area (Å²) < 4.78 is 0. The zero-order chi connectivity index (χ0) is 17.3. The average molecular weight is 331 g/mol. The lowest BCUT2D eigenvalue weighted by Gasteiger charge is -2.13. The van der Waals surface area contributed by atoms with Crippen LogP contribution in [0.5, 0.6) is 0 Å². The van der Waals surface area contributed by atoms with E-state index >= 15 is 0 Å². The first-order valence-corrected chi connectivity index (χ1v) is 8.83. The van der Waals surface area contributed by atoms with Crippen LogP contribution in [-0.2, 0) is 0 Å².